The summed E-state index contributed by atoms with van der Waals surface area (Å²) in [5, 5.41) is 11.0. The number of hydrogen-bond acceptors (Lipinski definition) is 6. The van der Waals surface area contributed by atoms with E-state index in [-0.39, 0.29) is 11.3 Å². The number of carbonyl (C=O) groups excluding carboxylic acids is 2. The Morgan fingerprint density at radius 3 is 2.48 bits per heavy atom. The molecule has 1 N–H and O–H groups in total. The van der Waals surface area contributed by atoms with Crippen LogP contribution in [0.25, 0.3) is 5.76 Å². The fraction of sp³-hybridized carbons (Fsp3) is 0.364. The fourth-order valence-corrected chi connectivity index (χ4v) is 3.61. The molecule has 1 aliphatic heterocycles. The normalized spacial score (nSPS) is 18.7. The van der Waals surface area contributed by atoms with Crippen molar-refractivity contribution in [2.45, 2.75) is 26.3 Å². The first-order valence-electron chi connectivity index (χ1n) is 9.60. The van der Waals surface area contributed by atoms with Crippen LogP contribution in [-0.2, 0) is 9.59 Å². The predicted molar refractivity (Wildman–Crippen MR) is 110 cm³/mol. The van der Waals surface area contributed by atoms with Crippen molar-refractivity contribution in [1.29, 1.82) is 0 Å². The summed E-state index contributed by atoms with van der Waals surface area (Å²) in [7, 11) is 3.92. The lowest BCUT2D eigenvalue weighted by Gasteiger charge is -2.26. The molecule has 0 saturated carbocycles. The molecule has 0 spiro atoms. The van der Waals surface area contributed by atoms with Gasteiger partial charge in [-0.05, 0) is 46.5 Å². The second-order valence-electron chi connectivity index (χ2n) is 7.48. The van der Waals surface area contributed by atoms with Gasteiger partial charge >= 0.3 is 0 Å². The Kier molecular flexibility index (Phi) is 6.08. The van der Waals surface area contributed by atoms with Crippen LogP contribution in [0.5, 0.6) is 0 Å². The molecule has 1 fully saturated rings. The zero-order valence-corrected chi connectivity index (χ0v) is 17.2. The van der Waals surface area contributed by atoms with Crippen LogP contribution in [0.3, 0.4) is 0 Å². The van der Waals surface area contributed by atoms with E-state index in [9.17, 15) is 14.7 Å². The van der Waals surface area contributed by atoms with E-state index in [4.69, 9.17) is 0 Å². The summed E-state index contributed by atoms with van der Waals surface area (Å²) in [5.74, 6) is -0.932. The lowest BCUT2D eigenvalue weighted by Crippen LogP contribution is -2.32. The minimum absolute atomic E-state index is 0.0848. The second kappa shape index (κ2) is 8.53. The monoisotopic (exact) mass is 394 g/mol. The minimum atomic E-state index is -0.679. The van der Waals surface area contributed by atoms with Gasteiger partial charge in [0, 0.05) is 12.7 Å². The highest BCUT2D eigenvalue weighted by molar-refractivity contribution is 6.46. The highest BCUT2D eigenvalue weighted by Crippen LogP contribution is 2.39. The van der Waals surface area contributed by atoms with Crippen LogP contribution in [0.2, 0.25) is 0 Å². The first-order valence-corrected chi connectivity index (χ1v) is 9.60. The van der Waals surface area contributed by atoms with E-state index in [2.05, 4.69) is 9.97 Å². The number of aliphatic hydroxyl groups excluding tert-OH is 1. The number of carbonyl (C=O) groups is 2. The maximum absolute atomic E-state index is 12.9. The molecule has 0 radical (unpaired) electrons. The Balaban J connectivity index is 2.10. The Morgan fingerprint density at radius 2 is 1.86 bits per heavy atom. The first kappa shape index (κ1) is 20.7. The number of hydrogen-bond donors (Lipinski definition) is 1. The first-order chi connectivity index (χ1) is 13.8. The minimum Gasteiger partial charge on any atom is -0.507 e. The van der Waals surface area contributed by atoms with Crippen LogP contribution in [0.4, 0.5) is 0 Å². The third kappa shape index (κ3) is 4.19. The summed E-state index contributed by atoms with van der Waals surface area (Å²) in [5.41, 5.74) is 1.79. The average Bonchev–Trinajstić information content (AvgIpc) is 2.93. The average molecular weight is 394 g/mol. The lowest BCUT2D eigenvalue weighted by molar-refractivity contribution is -0.139. The van der Waals surface area contributed by atoms with Crippen molar-refractivity contribution in [2.75, 3.05) is 27.2 Å². The molecule has 1 aromatic carbocycles. The van der Waals surface area contributed by atoms with Crippen molar-refractivity contribution in [3.05, 3.63) is 64.7 Å². The van der Waals surface area contributed by atoms with E-state index in [0.717, 1.165) is 18.5 Å². The van der Waals surface area contributed by atoms with Crippen molar-refractivity contribution in [2.24, 2.45) is 0 Å². The maximum atomic E-state index is 12.9. The molecule has 29 heavy (non-hydrogen) atoms. The molecule has 1 saturated heterocycles. The lowest BCUT2D eigenvalue weighted by atomic mass is 9.95. The van der Waals surface area contributed by atoms with Crippen LogP contribution in [0.1, 0.15) is 35.1 Å². The van der Waals surface area contributed by atoms with Gasteiger partial charge in [0.15, 0.2) is 0 Å². The van der Waals surface area contributed by atoms with Gasteiger partial charge in [0.2, 0.25) is 0 Å². The molecule has 0 aliphatic carbocycles. The highest BCUT2D eigenvalue weighted by Gasteiger charge is 2.45. The van der Waals surface area contributed by atoms with Gasteiger partial charge in [-0.3, -0.25) is 9.59 Å². The summed E-state index contributed by atoms with van der Waals surface area (Å²) >= 11 is 0. The smallest absolute Gasteiger partial charge is 0.295 e. The molecule has 0 unspecified atom stereocenters. The Labute approximate surface area is 170 Å². The number of benzene rings is 1. The number of rotatable bonds is 6. The van der Waals surface area contributed by atoms with E-state index < -0.39 is 17.7 Å². The van der Waals surface area contributed by atoms with Gasteiger partial charge in [0.1, 0.15) is 11.6 Å². The number of ketones is 1. The van der Waals surface area contributed by atoms with Gasteiger partial charge < -0.3 is 14.9 Å². The predicted octanol–water partition coefficient (Wildman–Crippen LogP) is 2.47. The zero-order valence-electron chi connectivity index (χ0n) is 17.2. The molecule has 2 heterocycles. The van der Waals surface area contributed by atoms with Crippen molar-refractivity contribution >= 4 is 17.4 Å². The number of nitrogens with zero attached hydrogens (tertiary/aromatic N) is 4. The van der Waals surface area contributed by atoms with Gasteiger partial charge in [0.05, 0.1) is 22.9 Å². The Bertz CT molecular complexity index is 954. The number of amides is 1. The third-order valence-corrected chi connectivity index (χ3v) is 5.01. The summed E-state index contributed by atoms with van der Waals surface area (Å²) < 4.78 is 0. The van der Waals surface area contributed by atoms with E-state index in [1.165, 1.54) is 6.20 Å². The molecule has 7 heteroatoms. The number of aryl methyl sites for hydroxylation is 2. The number of aromatic nitrogens is 2. The second-order valence-corrected chi connectivity index (χ2v) is 7.48. The summed E-state index contributed by atoms with van der Waals surface area (Å²) in [6.45, 7) is 4.71. The molecule has 152 valence electrons. The summed E-state index contributed by atoms with van der Waals surface area (Å²) in [6, 6.07) is 8.67. The molecule has 1 amide bonds. The van der Waals surface area contributed by atoms with Gasteiger partial charge in [-0.2, -0.15) is 0 Å². The Morgan fingerprint density at radius 1 is 1.17 bits per heavy atom. The van der Waals surface area contributed by atoms with Crippen molar-refractivity contribution in [1.82, 2.24) is 19.8 Å². The topological polar surface area (TPSA) is 86.6 Å². The zero-order chi connectivity index (χ0) is 21.1. The van der Waals surface area contributed by atoms with Crippen LogP contribution in [0.15, 0.2) is 42.1 Å². The van der Waals surface area contributed by atoms with E-state index in [1.54, 1.807) is 18.7 Å². The van der Waals surface area contributed by atoms with Crippen molar-refractivity contribution in [3.8, 4) is 0 Å². The molecule has 1 atom stereocenters. The van der Waals surface area contributed by atoms with Crippen molar-refractivity contribution in [3.63, 3.8) is 0 Å². The standard InChI is InChI=1S/C22H26N4O3/c1-14-17(13-23-15(2)24-14)20(27)18-19(16-9-6-5-7-10-16)26(22(29)21(18)28)12-8-11-25(3)4/h5-7,9-10,13,19,27H,8,11-12H2,1-4H3/t19-/m0/s1. The van der Waals surface area contributed by atoms with Gasteiger partial charge in [0.25, 0.3) is 11.7 Å². The molecule has 1 aliphatic rings. The van der Waals surface area contributed by atoms with E-state index >= 15 is 0 Å². The third-order valence-electron chi connectivity index (χ3n) is 5.01. The molecule has 7 nitrogen and oxygen atoms in total. The fourth-order valence-electron chi connectivity index (χ4n) is 3.61. The molecule has 1 aromatic heterocycles. The molecule has 2 aromatic rings. The van der Waals surface area contributed by atoms with Crippen LogP contribution < -0.4 is 0 Å². The van der Waals surface area contributed by atoms with Gasteiger partial charge in [-0.15, -0.1) is 0 Å². The highest BCUT2D eigenvalue weighted by atomic mass is 16.3. The molecule has 0 bridgehead atoms. The molecular formula is C22H26N4O3. The van der Waals surface area contributed by atoms with Crippen LogP contribution in [-0.4, -0.2) is 63.7 Å². The summed E-state index contributed by atoms with van der Waals surface area (Å²) in [6.07, 6.45) is 2.21. The Hall–Kier alpha value is -3.06. The van der Waals surface area contributed by atoms with Crippen LogP contribution in [0, 0.1) is 13.8 Å². The van der Waals surface area contributed by atoms with E-state index in [1.807, 2.05) is 49.3 Å². The largest absolute Gasteiger partial charge is 0.507 e. The SMILES string of the molecule is Cc1ncc(C(O)=C2C(=O)C(=O)N(CCCN(C)C)[C@H]2c2ccccc2)c(C)n1. The number of Topliss-reactive ketones (excluding diaryl/α,β-unsaturated/α-hetero) is 1. The van der Waals surface area contributed by atoms with E-state index in [0.29, 0.717) is 23.6 Å². The number of aliphatic hydroxyl groups is 1. The quantitative estimate of drug-likeness (QED) is 0.460. The number of likely N-dealkylation sites (tertiary alicyclic amines) is 1. The van der Waals surface area contributed by atoms with Gasteiger partial charge in [-0.1, -0.05) is 30.3 Å². The molecule has 3 rings (SSSR count). The maximum Gasteiger partial charge on any atom is 0.295 e. The van der Waals surface area contributed by atoms with Crippen LogP contribution >= 0.6 is 0 Å². The van der Waals surface area contributed by atoms with Gasteiger partial charge in [-0.25, -0.2) is 9.97 Å². The molecular weight excluding hydrogens is 368 g/mol. The van der Waals surface area contributed by atoms with Crippen molar-refractivity contribution < 1.29 is 14.7 Å². The summed E-state index contributed by atoms with van der Waals surface area (Å²) in [4.78, 5) is 37.8.